The highest BCUT2D eigenvalue weighted by molar-refractivity contribution is 5.77. The molecule has 0 aromatic carbocycles. The molecule has 3 heterocycles. The van der Waals surface area contributed by atoms with Gasteiger partial charge in [-0.05, 0) is 25.8 Å². The van der Waals surface area contributed by atoms with Crippen LogP contribution >= 0.6 is 0 Å². The van der Waals surface area contributed by atoms with Gasteiger partial charge in [0.1, 0.15) is 11.7 Å². The number of carbonyl (C=O) groups excluding carboxylic acids is 1. The van der Waals surface area contributed by atoms with Crippen molar-refractivity contribution in [1.29, 1.82) is 0 Å². The minimum Gasteiger partial charge on any atom is -0.465 e. The van der Waals surface area contributed by atoms with Crippen LogP contribution in [0.5, 0.6) is 0 Å². The lowest BCUT2D eigenvalue weighted by atomic mass is 9.99. The number of rotatable bonds is 3. The summed E-state index contributed by atoms with van der Waals surface area (Å²) in [6.07, 6.45) is 3.14. The maximum absolute atomic E-state index is 12.0. The first-order chi connectivity index (χ1) is 10.2. The predicted octanol–water partition coefficient (Wildman–Crippen LogP) is 1.07. The molecule has 0 aliphatic carbocycles. The lowest BCUT2D eigenvalue weighted by Crippen LogP contribution is -2.24. The number of nitrogens with zero attached hydrogens (tertiary/aromatic N) is 3. The minimum atomic E-state index is -0.373. The van der Waals surface area contributed by atoms with Crippen molar-refractivity contribution >= 4 is 5.97 Å². The Morgan fingerprint density at radius 1 is 1.52 bits per heavy atom. The second-order valence-electron chi connectivity index (χ2n) is 4.92. The van der Waals surface area contributed by atoms with Gasteiger partial charge in [0.2, 0.25) is 5.56 Å². The highest BCUT2D eigenvalue weighted by Gasteiger charge is 2.32. The third-order valence-electron chi connectivity index (χ3n) is 3.57. The number of nitrogens with one attached hydrogen (secondary N) is 1. The van der Waals surface area contributed by atoms with Gasteiger partial charge < -0.3 is 14.3 Å². The Bertz CT molecular complexity index is 719. The van der Waals surface area contributed by atoms with Crippen molar-refractivity contribution in [1.82, 2.24) is 19.7 Å². The molecule has 0 spiro atoms. The SMILES string of the molecule is CCOC(=O)C1CCCn2c(-c3cc[nH]c(=O)c3)nnc21. The fraction of sp³-hybridized carbons (Fsp3) is 0.429. The third-order valence-corrected chi connectivity index (χ3v) is 3.57. The van der Waals surface area contributed by atoms with E-state index in [-0.39, 0.29) is 17.4 Å². The molecule has 7 nitrogen and oxygen atoms in total. The molecule has 0 saturated carbocycles. The molecule has 3 rings (SSSR count). The van der Waals surface area contributed by atoms with Gasteiger partial charge in [-0.3, -0.25) is 9.59 Å². The number of H-pyrrole nitrogens is 1. The summed E-state index contributed by atoms with van der Waals surface area (Å²) >= 11 is 0. The highest BCUT2D eigenvalue weighted by atomic mass is 16.5. The van der Waals surface area contributed by atoms with E-state index < -0.39 is 0 Å². The number of aromatic nitrogens is 4. The Labute approximate surface area is 121 Å². The Hall–Kier alpha value is -2.44. The van der Waals surface area contributed by atoms with E-state index in [0.717, 1.165) is 13.0 Å². The van der Waals surface area contributed by atoms with Crippen molar-refractivity contribution in [2.75, 3.05) is 6.61 Å². The molecule has 0 saturated heterocycles. The molecule has 110 valence electrons. The van der Waals surface area contributed by atoms with Crippen LogP contribution in [0.3, 0.4) is 0 Å². The van der Waals surface area contributed by atoms with Gasteiger partial charge in [-0.15, -0.1) is 10.2 Å². The van der Waals surface area contributed by atoms with Crippen LogP contribution < -0.4 is 5.56 Å². The van der Waals surface area contributed by atoms with E-state index in [1.807, 2.05) is 4.57 Å². The van der Waals surface area contributed by atoms with Crippen molar-refractivity contribution in [3.05, 3.63) is 34.5 Å². The molecule has 0 amide bonds. The van der Waals surface area contributed by atoms with Gasteiger partial charge in [0.15, 0.2) is 5.82 Å². The standard InChI is InChI=1S/C14H16N4O3/c1-2-21-14(20)10-4-3-7-18-12(16-17-13(10)18)9-5-6-15-11(19)8-9/h5-6,8,10H,2-4,7H2,1H3,(H,15,19). The minimum absolute atomic E-state index is 0.192. The Balaban J connectivity index is 2.01. The molecule has 1 aliphatic heterocycles. The molecular weight excluding hydrogens is 272 g/mol. The van der Waals surface area contributed by atoms with E-state index in [2.05, 4.69) is 15.2 Å². The van der Waals surface area contributed by atoms with Crippen LogP contribution in [-0.2, 0) is 16.1 Å². The largest absolute Gasteiger partial charge is 0.465 e. The zero-order valence-corrected chi connectivity index (χ0v) is 11.7. The topological polar surface area (TPSA) is 89.9 Å². The summed E-state index contributed by atoms with van der Waals surface area (Å²) in [7, 11) is 0. The number of hydrogen-bond acceptors (Lipinski definition) is 5. The van der Waals surface area contributed by atoms with E-state index in [4.69, 9.17) is 4.74 Å². The fourth-order valence-electron chi connectivity index (χ4n) is 2.64. The lowest BCUT2D eigenvalue weighted by Gasteiger charge is -2.22. The lowest BCUT2D eigenvalue weighted by molar-refractivity contribution is -0.145. The molecular formula is C14H16N4O3. The summed E-state index contributed by atoms with van der Waals surface area (Å²) in [5.41, 5.74) is 0.504. The van der Waals surface area contributed by atoms with Crippen molar-refractivity contribution in [2.45, 2.75) is 32.2 Å². The van der Waals surface area contributed by atoms with Crippen molar-refractivity contribution in [3.63, 3.8) is 0 Å². The van der Waals surface area contributed by atoms with Crippen LogP contribution in [0.25, 0.3) is 11.4 Å². The normalized spacial score (nSPS) is 17.3. The van der Waals surface area contributed by atoms with E-state index in [0.29, 0.717) is 30.2 Å². The Kier molecular flexibility index (Phi) is 3.55. The average Bonchev–Trinajstić information content (AvgIpc) is 2.91. The molecule has 1 N–H and O–H groups in total. The van der Waals surface area contributed by atoms with E-state index in [1.165, 1.54) is 6.07 Å². The first-order valence-corrected chi connectivity index (χ1v) is 6.99. The van der Waals surface area contributed by atoms with Crippen LogP contribution in [0.1, 0.15) is 31.5 Å². The van der Waals surface area contributed by atoms with Crippen LogP contribution in [0.4, 0.5) is 0 Å². The second kappa shape index (κ2) is 5.51. The quantitative estimate of drug-likeness (QED) is 0.853. The average molecular weight is 288 g/mol. The summed E-state index contributed by atoms with van der Waals surface area (Å²) < 4.78 is 7.00. The van der Waals surface area contributed by atoms with Crippen LogP contribution in [0.2, 0.25) is 0 Å². The van der Waals surface area contributed by atoms with E-state index in [1.54, 1.807) is 19.2 Å². The summed E-state index contributed by atoms with van der Waals surface area (Å²) in [6.45, 7) is 2.87. The van der Waals surface area contributed by atoms with Gasteiger partial charge in [-0.2, -0.15) is 0 Å². The maximum Gasteiger partial charge on any atom is 0.316 e. The van der Waals surface area contributed by atoms with E-state index >= 15 is 0 Å². The van der Waals surface area contributed by atoms with Crippen LogP contribution in [0, 0.1) is 0 Å². The number of fused-ring (bicyclic) bond motifs is 1. The smallest absolute Gasteiger partial charge is 0.316 e. The third kappa shape index (κ3) is 2.46. The van der Waals surface area contributed by atoms with Gasteiger partial charge in [0.25, 0.3) is 0 Å². The van der Waals surface area contributed by atoms with Gasteiger partial charge in [0, 0.05) is 24.4 Å². The van der Waals surface area contributed by atoms with Gasteiger partial charge in [-0.1, -0.05) is 0 Å². The monoisotopic (exact) mass is 288 g/mol. The molecule has 2 aromatic rings. The fourth-order valence-corrected chi connectivity index (χ4v) is 2.64. The first-order valence-electron chi connectivity index (χ1n) is 6.99. The van der Waals surface area contributed by atoms with Gasteiger partial charge >= 0.3 is 5.97 Å². The molecule has 7 heteroatoms. The molecule has 1 unspecified atom stereocenters. The molecule has 2 aromatic heterocycles. The number of esters is 1. The van der Waals surface area contributed by atoms with Crippen molar-refractivity contribution in [3.8, 4) is 11.4 Å². The summed E-state index contributed by atoms with van der Waals surface area (Å²) in [6, 6.07) is 3.25. The summed E-state index contributed by atoms with van der Waals surface area (Å²) in [4.78, 5) is 26.0. The van der Waals surface area contributed by atoms with Crippen molar-refractivity contribution < 1.29 is 9.53 Å². The Morgan fingerprint density at radius 3 is 3.14 bits per heavy atom. The highest BCUT2D eigenvalue weighted by Crippen LogP contribution is 2.30. The van der Waals surface area contributed by atoms with Gasteiger partial charge in [0.05, 0.1) is 6.61 Å². The molecule has 0 bridgehead atoms. The molecule has 0 radical (unpaired) electrons. The molecule has 0 fully saturated rings. The number of aromatic amines is 1. The predicted molar refractivity (Wildman–Crippen MR) is 74.7 cm³/mol. The second-order valence-corrected chi connectivity index (χ2v) is 4.92. The van der Waals surface area contributed by atoms with Gasteiger partial charge in [-0.25, -0.2) is 0 Å². The number of ether oxygens (including phenoxy) is 1. The van der Waals surface area contributed by atoms with E-state index in [9.17, 15) is 9.59 Å². The molecule has 1 aliphatic rings. The number of pyridine rings is 1. The molecule has 21 heavy (non-hydrogen) atoms. The first kappa shape index (κ1) is 13.5. The summed E-state index contributed by atoms with van der Waals surface area (Å²) in [5, 5.41) is 8.30. The Morgan fingerprint density at radius 2 is 2.38 bits per heavy atom. The zero-order chi connectivity index (χ0) is 14.8. The maximum atomic E-state index is 12.0. The molecule has 1 atom stereocenters. The zero-order valence-electron chi connectivity index (χ0n) is 11.7. The van der Waals surface area contributed by atoms with Crippen LogP contribution in [-0.4, -0.2) is 32.3 Å². The van der Waals surface area contributed by atoms with Crippen LogP contribution in [0.15, 0.2) is 23.1 Å². The van der Waals surface area contributed by atoms with Crippen molar-refractivity contribution in [2.24, 2.45) is 0 Å². The summed E-state index contributed by atoms with van der Waals surface area (Å²) in [5.74, 6) is 0.602. The number of carbonyl (C=O) groups is 1. The number of hydrogen-bond donors (Lipinski definition) is 1.